The molecular weight excluding hydrogens is 245 g/mol. The third kappa shape index (κ3) is 3.13. The molecule has 0 radical (unpaired) electrons. The molecule has 2 nitrogen and oxygen atoms in total. The van der Waals surface area contributed by atoms with Gasteiger partial charge in [-0.15, -0.1) is 11.6 Å². The fourth-order valence-electron chi connectivity index (χ4n) is 1.12. The quantitative estimate of drug-likeness (QED) is 0.821. The van der Waals surface area contributed by atoms with E-state index in [0.29, 0.717) is 5.02 Å². The molecule has 0 aliphatic heterocycles. The van der Waals surface area contributed by atoms with Gasteiger partial charge < -0.3 is 5.32 Å². The molecular formula is C12H15Cl2NO. The number of rotatable bonds is 3. The van der Waals surface area contributed by atoms with Gasteiger partial charge in [-0.25, -0.2) is 0 Å². The Morgan fingerprint density at radius 3 is 2.56 bits per heavy atom. The van der Waals surface area contributed by atoms with Crippen LogP contribution in [0, 0.1) is 12.3 Å². The van der Waals surface area contributed by atoms with Crippen LogP contribution >= 0.6 is 23.2 Å². The molecule has 0 atom stereocenters. The van der Waals surface area contributed by atoms with Crippen LogP contribution in [0.15, 0.2) is 18.2 Å². The summed E-state index contributed by atoms with van der Waals surface area (Å²) in [5.74, 6) is 0.193. The number of aryl methyl sites for hydroxylation is 1. The van der Waals surface area contributed by atoms with Crippen LogP contribution in [0.3, 0.4) is 0 Å². The predicted molar refractivity (Wildman–Crippen MR) is 69.3 cm³/mol. The lowest BCUT2D eigenvalue weighted by Gasteiger charge is -2.21. The van der Waals surface area contributed by atoms with Crippen molar-refractivity contribution in [1.82, 2.24) is 0 Å². The van der Waals surface area contributed by atoms with E-state index in [4.69, 9.17) is 23.2 Å². The van der Waals surface area contributed by atoms with Gasteiger partial charge >= 0.3 is 0 Å². The number of benzene rings is 1. The molecule has 16 heavy (non-hydrogen) atoms. The average molecular weight is 260 g/mol. The van der Waals surface area contributed by atoms with E-state index in [1.165, 1.54) is 0 Å². The molecule has 1 rings (SSSR count). The Morgan fingerprint density at radius 1 is 1.44 bits per heavy atom. The standard InChI is InChI=1S/C12H15Cl2NO/c1-8-6-9(14)4-5-10(8)15-11(16)12(2,3)7-13/h4-6H,7H2,1-3H3,(H,15,16). The van der Waals surface area contributed by atoms with E-state index in [0.717, 1.165) is 11.3 Å². The Kier molecular flexibility index (Phi) is 4.22. The average Bonchev–Trinajstić information content (AvgIpc) is 2.22. The molecule has 0 saturated carbocycles. The summed E-state index contributed by atoms with van der Waals surface area (Å²) < 4.78 is 0. The third-order valence-corrected chi connectivity index (χ3v) is 3.29. The molecule has 1 aromatic carbocycles. The van der Waals surface area contributed by atoms with Gasteiger partial charge in [0.05, 0.1) is 5.41 Å². The summed E-state index contributed by atoms with van der Waals surface area (Å²) in [6.45, 7) is 5.51. The van der Waals surface area contributed by atoms with Crippen molar-refractivity contribution < 1.29 is 4.79 Å². The van der Waals surface area contributed by atoms with Crippen LogP contribution in [0.5, 0.6) is 0 Å². The van der Waals surface area contributed by atoms with Gasteiger partial charge in [0.1, 0.15) is 0 Å². The highest BCUT2D eigenvalue weighted by atomic mass is 35.5. The Labute approximate surface area is 106 Å². The predicted octanol–water partition coefficient (Wildman–Crippen LogP) is 3.85. The monoisotopic (exact) mass is 259 g/mol. The van der Waals surface area contributed by atoms with Crippen LogP contribution in [-0.4, -0.2) is 11.8 Å². The molecule has 0 saturated heterocycles. The van der Waals surface area contributed by atoms with E-state index in [1.54, 1.807) is 26.0 Å². The number of hydrogen-bond acceptors (Lipinski definition) is 1. The molecule has 1 N–H and O–H groups in total. The van der Waals surface area contributed by atoms with Crippen molar-refractivity contribution in [2.75, 3.05) is 11.2 Å². The van der Waals surface area contributed by atoms with E-state index >= 15 is 0 Å². The summed E-state index contributed by atoms with van der Waals surface area (Å²) in [6.07, 6.45) is 0. The Bertz CT molecular complexity index is 402. The number of carbonyl (C=O) groups is 1. The number of amides is 1. The first-order chi connectivity index (χ1) is 7.36. The minimum Gasteiger partial charge on any atom is -0.325 e. The number of carbonyl (C=O) groups excluding carboxylic acids is 1. The maximum atomic E-state index is 11.9. The second-order valence-corrected chi connectivity index (χ2v) is 5.13. The molecule has 4 heteroatoms. The fourth-order valence-corrected chi connectivity index (χ4v) is 1.47. The zero-order valence-corrected chi connectivity index (χ0v) is 11.1. The molecule has 0 bridgehead atoms. The number of halogens is 2. The van der Waals surface area contributed by atoms with E-state index in [-0.39, 0.29) is 11.8 Å². The van der Waals surface area contributed by atoms with Gasteiger partial charge in [-0.05, 0) is 44.5 Å². The lowest BCUT2D eigenvalue weighted by atomic mass is 9.95. The van der Waals surface area contributed by atoms with Crippen LogP contribution in [0.1, 0.15) is 19.4 Å². The van der Waals surface area contributed by atoms with Crippen LogP contribution in [0.4, 0.5) is 5.69 Å². The van der Waals surface area contributed by atoms with Gasteiger partial charge in [-0.2, -0.15) is 0 Å². The molecule has 0 fully saturated rings. The normalized spacial score (nSPS) is 11.3. The molecule has 0 aliphatic carbocycles. The van der Waals surface area contributed by atoms with Crippen LogP contribution in [-0.2, 0) is 4.79 Å². The van der Waals surface area contributed by atoms with Crippen molar-refractivity contribution in [3.63, 3.8) is 0 Å². The Balaban J connectivity index is 2.85. The second kappa shape index (κ2) is 5.07. The van der Waals surface area contributed by atoms with Gasteiger partial charge in [0.2, 0.25) is 5.91 Å². The minimum absolute atomic E-state index is 0.0899. The van der Waals surface area contributed by atoms with Crippen molar-refractivity contribution in [3.05, 3.63) is 28.8 Å². The van der Waals surface area contributed by atoms with Gasteiger partial charge in [0.15, 0.2) is 0 Å². The van der Waals surface area contributed by atoms with Crippen LogP contribution in [0.2, 0.25) is 5.02 Å². The first-order valence-electron chi connectivity index (χ1n) is 5.00. The molecule has 1 aromatic rings. The zero-order chi connectivity index (χ0) is 12.3. The summed E-state index contributed by atoms with van der Waals surface area (Å²) in [7, 11) is 0. The lowest BCUT2D eigenvalue weighted by molar-refractivity contribution is -0.122. The third-order valence-electron chi connectivity index (χ3n) is 2.39. The molecule has 0 heterocycles. The topological polar surface area (TPSA) is 29.1 Å². The number of anilines is 1. The largest absolute Gasteiger partial charge is 0.325 e. The van der Waals surface area contributed by atoms with E-state index < -0.39 is 5.41 Å². The van der Waals surface area contributed by atoms with Crippen molar-refractivity contribution in [2.24, 2.45) is 5.41 Å². The van der Waals surface area contributed by atoms with Gasteiger partial charge in [-0.3, -0.25) is 4.79 Å². The smallest absolute Gasteiger partial charge is 0.231 e. The van der Waals surface area contributed by atoms with Crippen molar-refractivity contribution in [3.8, 4) is 0 Å². The molecule has 0 spiro atoms. The highest BCUT2D eigenvalue weighted by molar-refractivity contribution is 6.30. The summed E-state index contributed by atoms with van der Waals surface area (Å²) in [4.78, 5) is 11.9. The van der Waals surface area contributed by atoms with Crippen molar-refractivity contribution in [1.29, 1.82) is 0 Å². The first kappa shape index (κ1) is 13.3. The fraction of sp³-hybridized carbons (Fsp3) is 0.417. The SMILES string of the molecule is Cc1cc(Cl)ccc1NC(=O)C(C)(C)CCl. The summed E-state index contributed by atoms with van der Waals surface area (Å²) >= 11 is 11.6. The lowest BCUT2D eigenvalue weighted by Crippen LogP contribution is -2.32. The zero-order valence-electron chi connectivity index (χ0n) is 9.60. The van der Waals surface area contributed by atoms with Crippen molar-refractivity contribution in [2.45, 2.75) is 20.8 Å². The molecule has 0 unspecified atom stereocenters. The van der Waals surface area contributed by atoms with Gasteiger partial charge in [0.25, 0.3) is 0 Å². The maximum absolute atomic E-state index is 11.9. The van der Waals surface area contributed by atoms with E-state index in [1.807, 2.05) is 13.0 Å². The molecule has 0 aromatic heterocycles. The van der Waals surface area contributed by atoms with Gasteiger partial charge in [-0.1, -0.05) is 11.6 Å². The number of hydrogen-bond donors (Lipinski definition) is 1. The van der Waals surface area contributed by atoms with Crippen molar-refractivity contribution >= 4 is 34.8 Å². The van der Waals surface area contributed by atoms with E-state index in [2.05, 4.69) is 5.32 Å². The second-order valence-electron chi connectivity index (χ2n) is 4.43. The summed E-state index contributed by atoms with van der Waals surface area (Å²) in [5.41, 5.74) is 1.13. The Hall–Kier alpha value is -0.730. The van der Waals surface area contributed by atoms with E-state index in [9.17, 15) is 4.79 Å². The van der Waals surface area contributed by atoms with Crippen LogP contribution < -0.4 is 5.32 Å². The highest BCUT2D eigenvalue weighted by Crippen LogP contribution is 2.23. The Morgan fingerprint density at radius 2 is 2.06 bits per heavy atom. The van der Waals surface area contributed by atoms with Crippen LogP contribution in [0.25, 0.3) is 0 Å². The highest BCUT2D eigenvalue weighted by Gasteiger charge is 2.26. The maximum Gasteiger partial charge on any atom is 0.231 e. The van der Waals surface area contributed by atoms with Gasteiger partial charge in [0, 0.05) is 16.6 Å². The molecule has 1 amide bonds. The summed E-state index contributed by atoms with van der Waals surface area (Å²) in [5, 5.41) is 3.51. The molecule has 0 aliphatic rings. The number of nitrogens with one attached hydrogen (secondary N) is 1. The number of alkyl halides is 1. The minimum atomic E-state index is -0.576. The summed E-state index contributed by atoms with van der Waals surface area (Å²) in [6, 6.07) is 5.35. The molecule has 88 valence electrons. The first-order valence-corrected chi connectivity index (χ1v) is 5.91.